The molecule has 0 bridgehead atoms. The van der Waals surface area contributed by atoms with E-state index >= 15 is 0 Å². The smallest absolute Gasteiger partial charge is 0.288 e. The molecule has 0 spiro atoms. The van der Waals surface area contributed by atoms with Gasteiger partial charge in [-0.05, 0) is 41.5 Å². The number of para-hydroxylation sites is 1. The number of fused-ring (bicyclic) bond motifs is 1. The SMILES string of the molecule is CN(C)C(=NS(=O)(=O)c1cc(C(=O)N(Cc2ccccc2)Cc2cnc3ccccc3c2)ccc1F)N(C)C. The highest BCUT2D eigenvalue weighted by molar-refractivity contribution is 7.90. The number of benzene rings is 3. The molecule has 0 aliphatic carbocycles. The molecule has 1 aromatic heterocycles. The molecule has 0 fully saturated rings. The highest BCUT2D eigenvalue weighted by atomic mass is 32.2. The number of sulfonamides is 1. The summed E-state index contributed by atoms with van der Waals surface area (Å²) in [7, 11) is 2.08. The third-order valence-corrected chi connectivity index (χ3v) is 7.25. The number of carbonyl (C=O) groups excluding carboxylic acids is 1. The van der Waals surface area contributed by atoms with Crippen molar-refractivity contribution in [3.63, 3.8) is 0 Å². The zero-order valence-corrected chi connectivity index (χ0v) is 23.1. The van der Waals surface area contributed by atoms with Crippen molar-refractivity contribution in [1.82, 2.24) is 19.7 Å². The number of guanidine groups is 1. The Bertz CT molecular complexity index is 1610. The van der Waals surface area contributed by atoms with Gasteiger partial charge < -0.3 is 14.7 Å². The van der Waals surface area contributed by atoms with Crippen molar-refractivity contribution in [3.05, 3.63) is 108 Å². The maximum atomic E-state index is 14.8. The molecule has 1 heterocycles. The number of aromatic nitrogens is 1. The zero-order valence-electron chi connectivity index (χ0n) is 22.2. The molecule has 4 aromatic rings. The van der Waals surface area contributed by atoms with Crippen molar-refractivity contribution in [1.29, 1.82) is 0 Å². The van der Waals surface area contributed by atoms with E-state index in [1.165, 1.54) is 15.9 Å². The topological polar surface area (TPSA) is 86.2 Å². The largest absolute Gasteiger partial charge is 0.348 e. The van der Waals surface area contributed by atoms with Gasteiger partial charge in [0, 0.05) is 58.4 Å². The summed E-state index contributed by atoms with van der Waals surface area (Å²) >= 11 is 0. The van der Waals surface area contributed by atoms with Crippen LogP contribution in [0.15, 0.2) is 94.4 Å². The van der Waals surface area contributed by atoms with Gasteiger partial charge in [-0.25, -0.2) is 4.39 Å². The predicted octanol–water partition coefficient (Wildman–Crippen LogP) is 4.38. The molecule has 0 N–H and O–H groups in total. The molecular formula is C29H30FN5O3S. The van der Waals surface area contributed by atoms with E-state index in [9.17, 15) is 17.6 Å². The van der Waals surface area contributed by atoms with E-state index in [-0.39, 0.29) is 24.6 Å². The Morgan fingerprint density at radius 1 is 0.846 bits per heavy atom. The lowest BCUT2D eigenvalue weighted by atomic mass is 10.1. The average molecular weight is 548 g/mol. The van der Waals surface area contributed by atoms with Crippen molar-refractivity contribution in [3.8, 4) is 0 Å². The molecule has 0 unspecified atom stereocenters. The third kappa shape index (κ3) is 6.58. The summed E-state index contributed by atoms with van der Waals surface area (Å²) in [5.74, 6) is -1.32. The Balaban J connectivity index is 1.72. The first-order valence-electron chi connectivity index (χ1n) is 12.2. The number of hydrogen-bond donors (Lipinski definition) is 0. The second-order valence-corrected chi connectivity index (χ2v) is 11.1. The Morgan fingerprint density at radius 2 is 1.49 bits per heavy atom. The molecule has 0 saturated heterocycles. The highest BCUT2D eigenvalue weighted by Gasteiger charge is 2.25. The molecule has 0 aliphatic rings. The molecule has 202 valence electrons. The van der Waals surface area contributed by atoms with Crippen molar-refractivity contribution >= 4 is 32.8 Å². The van der Waals surface area contributed by atoms with Crippen LogP contribution in [0.3, 0.4) is 0 Å². The van der Waals surface area contributed by atoms with Crippen molar-refractivity contribution in [2.75, 3.05) is 28.2 Å². The standard InChI is InChI=1S/C29H30FN5O3S/c1-33(2)29(34(3)4)32-39(37,38)27-17-24(14-15-25(27)30)28(36)35(19-21-10-6-5-7-11-21)20-22-16-23-12-8-9-13-26(23)31-18-22/h5-18H,19-20H2,1-4H3. The van der Waals surface area contributed by atoms with Crippen LogP contribution in [0.2, 0.25) is 0 Å². The minimum atomic E-state index is -4.46. The quantitative estimate of drug-likeness (QED) is 0.252. The van der Waals surface area contributed by atoms with Crippen LogP contribution < -0.4 is 0 Å². The van der Waals surface area contributed by atoms with Gasteiger partial charge in [0.05, 0.1) is 5.52 Å². The number of carbonyl (C=O) groups is 1. The zero-order chi connectivity index (χ0) is 28.2. The molecule has 39 heavy (non-hydrogen) atoms. The lowest BCUT2D eigenvalue weighted by Gasteiger charge is -2.24. The van der Waals surface area contributed by atoms with E-state index in [1.807, 2.05) is 60.7 Å². The molecule has 1 amide bonds. The first-order valence-corrected chi connectivity index (χ1v) is 13.6. The van der Waals surface area contributed by atoms with Crippen LogP contribution in [0.4, 0.5) is 4.39 Å². The second kappa shape index (κ2) is 11.6. The third-order valence-electron chi connectivity index (χ3n) is 5.98. The number of pyridine rings is 1. The maximum absolute atomic E-state index is 14.8. The summed E-state index contributed by atoms with van der Waals surface area (Å²) < 4.78 is 44.9. The summed E-state index contributed by atoms with van der Waals surface area (Å²) in [6.45, 7) is 0.476. The Hall–Kier alpha value is -4.31. The predicted molar refractivity (Wildman–Crippen MR) is 150 cm³/mol. The van der Waals surface area contributed by atoms with Gasteiger partial charge in [0.1, 0.15) is 10.7 Å². The fourth-order valence-corrected chi connectivity index (χ4v) is 5.39. The second-order valence-electron chi connectivity index (χ2n) is 9.48. The fourth-order valence-electron chi connectivity index (χ4n) is 4.16. The van der Waals surface area contributed by atoms with Gasteiger partial charge in [0.2, 0.25) is 5.96 Å². The Morgan fingerprint density at radius 3 is 2.18 bits per heavy atom. The van der Waals surface area contributed by atoms with Crippen LogP contribution >= 0.6 is 0 Å². The van der Waals surface area contributed by atoms with Crippen molar-refractivity contribution in [2.24, 2.45) is 4.40 Å². The number of nitrogens with zero attached hydrogens (tertiary/aromatic N) is 5. The lowest BCUT2D eigenvalue weighted by molar-refractivity contribution is 0.0729. The van der Waals surface area contributed by atoms with Crippen LogP contribution in [0.5, 0.6) is 0 Å². The van der Waals surface area contributed by atoms with Crippen molar-refractivity contribution in [2.45, 2.75) is 18.0 Å². The maximum Gasteiger partial charge on any atom is 0.288 e. The molecule has 8 nitrogen and oxygen atoms in total. The molecule has 10 heteroatoms. The summed E-state index contributed by atoms with van der Waals surface area (Å²) in [4.78, 5) is 22.2. The van der Waals surface area contributed by atoms with E-state index in [2.05, 4.69) is 9.38 Å². The molecule has 3 aromatic carbocycles. The normalized spacial score (nSPS) is 11.2. The van der Waals surface area contributed by atoms with Crippen LogP contribution in [-0.4, -0.2) is 68.2 Å². The van der Waals surface area contributed by atoms with Gasteiger partial charge in [-0.3, -0.25) is 9.78 Å². The van der Waals surface area contributed by atoms with Gasteiger partial charge in [-0.1, -0.05) is 48.5 Å². The summed E-state index contributed by atoms with van der Waals surface area (Å²) in [6.07, 6.45) is 1.72. The monoisotopic (exact) mass is 547 g/mol. The average Bonchev–Trinajstić information content (AvgIpc) is 2.91. The lowest BCUT2D eigenvalue weighted by Crippen LogP contribution is -2.36. The van der Waals surface area contributed by atoms with E-state index in [0.717, 1.165) is 34.2 Å². The van der Waals surface area contributed by atoms with Gasteiger partial charge >= 0.3 is 0 Å². The van der Waals surface area contributed by atoms with E-state index in [4.69, 9.17) is 0 Å². The molecule has 4 rings (SSSR count). The molecule has 0 atom stereocenters. The first-order chi connectivity index (χ1) is 18.5. The molecule has 0 saturated carbocycles. The molecule has 0 aliphatic heterocycles. The Labute approximate surface area is 228 Å². The number of halogens is 1. The van der Waals surface area contributed by atoms with Gasteiger partial charge in [-0.2, -0.15) is 8.42 Å². The van der Waals surface area contributed by atoms with Crippen LogP contribution in [0.25, 0.3) is 10.9 Å². The first kappa shape index (κ1) is 27.7. The van der Waals surface area contributed by atoms with Crippen molar-refractivity contribution < 1.29 is 17.6 Å². The van der Waals surface area contributed by atoms with E-state index < -0.39 is 26.6 Å². The summed E-state index contributed by atoms with van der Waals surface area (Å²) in [5, 5.41) is 0.938. The highest BCUT2D eigenvalue weighted by Crippen LogP contribution is 2.23. The van der Waals surface area contributed by atoms with Crippen LogP contribution in [0.1, 0.15) is 21.5 Å². The summed E-state index contributed by atoms with van der Waals surface area (Å²) in [5.41, 5.74) is 2.57. The summed E-state index contributed by atoms with van der Waals surface area (Å²) in [6, 6.07) is 22.4. The van der Waals surface area contributed by atoms with Crippen LogP contribution in [0, 0.1) is 5.82 Å². The van der Waals surface area contributed by atoms with E-state index in [0.29, 0.717) is 0 Å². The van der Waals surface area contributed by atoms with E-state index in [1.54, 1.807) is 39.3 Å². The number of amides is 1. The minimum Gasteiger partial charge on any atom is -0.348 e. The Kier molecular flexibility index (Phi) is 8.25. The van der Waals surface area contributed by atoms with Gasteiger partial charge in [0.25, 0.3) is 15.9 Å². The van der Waals surface area contributed by atoms with Gasteiger partial charge in [-0.15, -0.1) is 4.40 Å². The fraction of sp³-hybridized carbons (Fsp3) is 0.207. The van der Waals surface area contributed by atoms with Gasteiger partial charge in [0.15, 0.2) is 0 Å². The van der Waals surface area contributed by atoms with Crippen LogP contribution in [-0.2, 0) is 23.1 Å². The number of rotatable bonds is 7. The molecular weight excluding hydrogens is 517 g/mol. The number of hydrogen-bond acceptors (Lipinski definition) is 4. The molecule has 0 radical (unpaired) electrons. The minimum absolute atomic E-state index is 0.0334.